The number of carboxylic acid groups (broad SMARTS) is 1. The molecule has 1 aromatic carbocycles. The molecule has 0 spiro atoms. The number of aromatic carboxylic acids is 1. The number of benzene rings is 1. The molecule has 2 N–H and O–H groups in total. The van der Waals surface area contributed by atoms with Crippen LogP contribution in [0, 0.1) is 0 Å². The number of hydrogen-bond donors (Lipinski definition) is 2. The highest BCUT2D eigenvalue weighted by Gasteiger charge is 2.19. The summed E-state index contributed by atoms with van der Waals surface area (Å²) >= 11 is 0. The van der Waals surface area contributed by atoms with Crippen LogP contribution in [0.25, 0.3) is 0 Å². The third-order valence-electron chi connectivity index (χ3n) is 3.93. The average Bonchev–Trinajstić information content (AvgIpc) is 3.10. The predicted octanol–water partition coefficient (Wildman–Crippen LogP) is 3.35. The van der Waals surface area contributed by atoms with Gasteiger partial charge in [0.15, 0.2) is 0 Å². The van der Waals surface area contributed by atoms with Gasteiger partial charge in [-0.3, -0.25) is 4.79 Å². The topological polar surface area (TPSA) is 88.5 Å². The van der Waals surface area contributed by atoms with E-state index in [9.17, 15) is 9.59 Å². The fraction of sp³-hybridized carbons (Fsp3) is 0.278. The molecule has 1 aromatic heterocycles. The monoisotopic (exact) mass is 326 g/mol. The van der Waals surface area contributed by atoms with Crippen molar-refractivity contribution in [2.24, 2.45) is 0 Å². The summed E-state index contributed by atoms with van der Waals surface area (Å²) in [5.74, 6) is -1.03. The van der Waals surface area contributed by atoms with Gasteiger partial charge < -0.3 is 15.2 Å². The molecular weight excluding hydrogens is 308 g/mol. The van der Waals surface area contributed by atoms with Crippen molar-refractivity contribution in [1.82, 2.24) is 4.98 Å². The molecule has 124 valence electrons. The standard InChI is InChI=1S/C18H18N2O4/c21-17(14-9-5-10-15(19-14)18(22)23)20-13-8-3-4-11-16(13)24-12-6-1-2-7-12/h3-5,8-12H,1-2,6-7H2,(H,20,21)(H,22,23). The highest BCUT2D eigenvalue weighted by atomic mass is 16.5. The molecule has 3 rings (SSSR count). The van der Waals surface area contributed by atoms with Crippen molar-refractivity contribution >= 4 is 17.6 Å². The number of nitrogens with one attached hydrogen (secondary N) is 1. The number of rotatable bonds is 5. The SMILES string of the molecule is O=C(O)c1cccc(C(=O)Nc2ccccc2OC2CCCC2)n1. The largest absolute Gasteiger partial charge is 0.488 e. The van der Waals surface area contributed by atoms with E-state index in [1.54, 1.807) is 12.1 Å². The first-order chi connectivity index (χ1) is 11.6. The molecular formula is C18H18N2O4. The highest BCUT2D eigenvalue weighted by molar-refractivity contribution is 6.04. The third kappa shape index (κ3) is 3.71. The molecule has 6 heteroatoms. The summed E-state index contributed by atoms with van der Waals surface area (Å²) in [6.07, 6.45) is 4.53. The number of amides is 1. The summed E-state index contributed by atoms with van der Waals surface area (Å²) < 4.78 is 5.98. The molecule has 0 saturated heterocycles. The molecule has 1 aliphatic carbocycles. The van der Waals surface area contributed by atoms with Gasteiger partial charge in [0.1, 0.15) is 17.1 Å². The van der Waals surface area contributed by atoms with Crippen LogP contribution in [0.3, 0.4) is 0 Å². The Morgan fingerprint density at radius 3 is 2.50 bits per heavy atom. The Balaban J connectivity index is 1.76. The van der Waals surface area contributed by atoms with Gasteiger partial charge in [0.25, 0.3) is 5.91 Å². The van der Waals surface area contributed by atoms with Crippen LogP contribution in [-0.2, 0) is 0 Å². The Kier molecular flexibility index (Phi) is 4.74. The van der Waals surface area contributed by atoms with Crippen LogP contribution in [0.2, 0.25) is 0 Å². The van der Waals surface area contributed by atoms with Gasteiger partial charge in [0.05, 0.1) is 11.8 Å². The van der Waals surface area contributed by atoms with Gasteiger partial charge in [-0.1, -0.05) is 18.2 Å². The normalized spacial score (nSPS) is 14.3. The van der Waals surface area contributed by atoms with Gasteiger partial charge in [-0.05, 0) is 49.9 Å². The van der Waals surface area contributed by atoms with E-state index < -0.39 is 11.9 Å². The summed E-state index contributed by atoms with van der Waals surface area (Å²) in [7, 11) is 0. The number of para-hydroxylation sites is 2. The second-order valence-corrected chi connectivity index (χ2v) is 5.69. The van der Waals surface area contributed by atoms with E-state index in [1.807, 2.05) is 12.1 Å². The fourth-order valence-corrected chi connectivity index (χ4v) is 2.73. The Morgan fingerprint density at radius 2 is 1.75 bits per heavy atom. The second-order valence-electron chi connectivity index (χ2n) is 5.69. The number of ether oxygens (including phenoxy) is 1. The van der Waals surface area contributed by atoms with Gasteiger partial charge in [-0.2, -0.15) is 0 Å². The molecule has 6 nitrogen and oxygen atoms in total. The molecule has 1 heterocycles. The Hall–Kier alpha value is -2.89. The zero-order valence-corrected chi connectivity index (χ0v) is 13.1. The number of pyridine rings is 1. The van der Waals surface area contributed by atoms with Crippen molar-refractivity contribution in [3.05, 3.63) is 53.9 Å². The lowest BCUT2D eigenvalue weighted by Crippen LogP contribution is -2.17. The molecule has 0 unspecified atom stereocenters. The number of anilines is 1. The summed E-state index contributed by atoms with van der Waals surface area (Å²) in [4.78, 5) is 27.2. The lowest BCUT2D eigenvalue weighted by molar-refractivity contribution is 0.0690. The van der Waals surface area contributed by atoms with Crippen molar-refractivity contribution in [2.45, 2.75) is 31.8 Å². The lowest BCUT2D eigenvalue weighted by Gasteiger charge is -2.16. The zero-order valence-electron chi connectivity index (χ0n) is 13.1. The van der Waals surface area contributed by atoms with Gasteiger partial charge in [0, 0.05) is 0 Å². The van der Waals surface area contributed by atoms with Crippen molar-refractivity contribution in [3.63, 3.8) is 0 Å². The van der Waals surface area contributed by atoms with Crippen LogP contribution in [0.15, 0.2) is 42.5 Å². The number of carbonyl (C=O) groups is 2. The fourth-order valence-electron chi connectivity index (χ4n) is 2.73. The first-order valence-corrected chi connectivity index (χ1v) is 7.91. The molecule has 1 fully saturated rings. The number of carboxylic acids is 1. The first kappa shape index (κ1) is 16.0. The van der Waals surface area contributed by atoms with Gasteiger partial charge in [-0.15, -0.1) is 0 Å². The van der Waals surface area contributed by atoms with E-state index in [0.717, 1.165) is 25.7 Å². The van der Waals surface area contributed by atoms with Gasteiger partial charge in [-0.25, -0.2) is 9.78 Å². The summed E-state index contributed by atoms with van der Waals surface area (Å²) in [5, 5.41) is 11.7. The minimum Gasteiger partial charge on any atom is -0.488 e. The number of nitrogens with zero attached hydrogens (tertiary/aromatic N) is 1. The third-order valence-corrected chi connectivity index (χ3v) is 3.93. The van der Waals surface area contributed by atoms with Crippen LogP contribution in [-0.4, -0.2) is 28.1 Å². The molecule has 1 aliphatic rings. The molecule has 0 bridgehead atoms. The molecule has 2 aromatic rings. The molecule has 24 heavy (non-hydrogen) atoms. The van der Waals surface area contributed by atoms with E-state index >= 15 is 0 Å². The number of hydrogen-bond acceptors (Lipinski definition) is 4. The van der Waals surface area contributed by atoms with Crippen molar-refractivity contribution in [3.8, 4) is 5.75 Å². The second kappa shape index (κ2) is 7.12. The summed E-state index contributed by atoms with van der Waals surface area (Å²) in [6.45, 7) is 0. The number of carbonyl (C=O) groups excluding carboxylic acids is 1. The zero-order chi connectivity index (χ0) is 16.9. The number of aromatic nitrogens is 1. The van der Waals surface area contributed by atoms with Gasteiger partial charge in [0.2, 0.25) is 0 Å². The first-order valence-electron chi connectivity index (χ1n) is 7.91. The maximum atomic E-state index is 12.4. The predicted molar refractivity (Wildman–Crippen MR) is 88.5 cm³/mol. The molecule has 0 radical (unpaired) electrons. The van der Waals surface area contributed by atoms with E-state index in [0.29, 0.717) is 11.4 Å². The smallest absolute Gasteiger partial charge is 0.354 e. The van der Waals surface area contributed by atoms with E-state index in [2.05, 4.69) is 10.3 Å². The molecule has 0 aliphatic heterocycles. The minimum absolute atomic E-state index is 0.0468. The van der Waals surface area contributed by atoms with E-state index in [-0.39, 0.29) is 17.5 Å². The maximum Gasteiger partial charge on any atom is 0.354 e. The van der Waals surface area contributed by atoms with E-state index in [1.165, 1.54) is 18.2 Å². The van der Waals surface area contributed by atoms with Crippen LogP contribution in [0.5, 0.6) is 5.75 Å². The highest BCUT2D eigenvalue weighted by Crippen LogP contribution is 2.29. The lowest BCUT2D eigenvalue weighted by atomic mass is 10.2. The van der Waals surface area contributed by atoms with Crippen molar-refractivity contribution in [1.29, 1.82) is 0 Å². The Morgan fingerprint density at radius 1 is 1.04 bits per heavy atom. The Labute approximate surface area is 139 Å². The molecule has 0 atom stereocenters. The van der Waals surface area contributed by atoms with Crippen LogP contribution < -0.4 is 10.1 Å². The van der Waals surface area contributed by atoms with Crippen molar-refractivity contribution in [2.75, 3.05) is 5.32 Å². The Bertz CT molecular complexity index is 754. The summed E-state index contributed by atoms with van der Waals surface area (Å²) in [5.41, 5.74) is 0.431. The average molecular weight is 326 g/mol. The minimum atomic E-state index is -1.17. The van der Waals surface area contributed by atoms with E-state index in [4.69, 9.17) is 9.84 Å². The molecule has 1 saturated carbocycles. The molecule has 1 amide bonds. The van der Waals surface area contributed by atoms with Gasteiger partial charge >= 0.3 is 5.97 Å². The quantitative estimate of drug-likeness (QED) is 0.879. The van der Waals surface area contributed by atoms with Crippen molar-refractivity contribution < 1.29 is 19.4 Å². The van der Waals surface area contributed by atoms with Crippen LogP contribution >= 0.6 is 0 Å². The van der Waals surface area contributed by atoms with Crippen LogP contribution in [0.1, 0.15) is 46.7 Å². The van der Waals surface area contributed by atoms with Crippen LogP contribution in [0.4, 0.5) is 5.69 Å². The summed E-state index contributed by atoms with van der Waals surface area (Å²) in [6, 6.07) is 11.5. The maximum absolute atomic E-state index is 12.4.